The summed E-state index contributed by atoms with van der Waals surface area (Å²) in [4.78, 5) is 10.5. The molecule has 0 radical (unpaired) electrons. The van der Waals surface area contributed by atoms with Crippen molar-refractivity contribution in [3.05, 3.63) is 12.4 Å². The van der Waals surface area contributed by atoms with Crippen LogP contribution >= 0.6 is 0 Å². The van der Waals surface area contributed by atoms with Crippen LogP contribution in [-0.4, -0.2) is 11.1 Å². The van der Waals surface area contributed by atoms with E-state index in [-0.39, 0.29) is 11.3 Å². The smallest absolute Gasteiger partial charge is 0.307 e. The Morgan fingerprint density at radius 3 is 2.45 bits per heavy atom. The average Bonchev–Trinajstić information content (AvgIpc) is 2.35. The summed E-state index contributed by atoms with van der Waals surface area (Å²) in [5.74, 6) is -1.38. The maximum atomic E-state index is 11.7. The van der Waals surface area contributed by atoms with Gasteiger partial charge in [-0.3, -0.25) is 4.79 Å². The lowest BCUT2D eigenvalue weighted by Crippen LogP contribution is -2.02. The van der Waals surface area contributed by atoms with E-state index < -0.39 is 11.9 Å². The number of allylic oxidation sites excluding steroid dienone is 1. The first-order chi connectivity index (χ1) is 5.01. The van der Waals surface area contributed by atoms with Crippen molar-refractivity contribution in [2.75, 3.05) is 0 Å². The zero-order valence-electron chi connectivity index (χ0n) is 6.54. The van der Waals surface area contributed by atoms with Crippen molar-refractivity contribution in [2.45, 2.75) is 13.8 Å². The van der Waals surface area contributed by atoms with Gasteiger partial charge in [-0.25, -0.2) is 4.39 Å². The van der Waals surface area contributed by atoms with E-state index in [9.17, 15) is 9.18 Å². The van der Waals surface area contributed by atoms with E-state index in [0.29, 0.717) is 6.33 Å². The lowest BCUT2D eigenvalue weighted by molar-refractivity contribution is -0.139. The van der Waals surface area contributed by atoms with Crippen LogP contribution in [0.2, 0.25) is 0 Å². The Morgan fingerprint density at radius 2 is 2.18 bits per heavy atom. The second-order valence-corrected chi connectivity index (χ2v) is 3.48. The second kappa shape index (κ2) is 2.32. The van der Waals surface area contributed by atoms with E-state index in [4.69, 9.17) is 5.11 Å². The van der Waals surface area contributed by atoms with Gasteiger partial charge < -0.3 is 5.11 Å². The highest BCUT2D eigenvalue weighted by Gasteiger charge is 2.60. The highest BCUT2D eigenvalue weighted by Crippen LogP contribution is 2.58. The third-order valence-electron chi connectivity index (χ3n) is 2.46. The Labute approximate surface area is 64.7 Å². The molecular formula is C8H11FO2. The van der Waals surface area contributed by atoms with Gasteiger partial charge in [0.15, 0.2) is 0 Å². The van der Waals surface area contributed by atoms with Crippen molar-refractivity contribution in [1.82, 2.24) is 0 Å². The molecule has 0 aromatic carbocycles. The number of aliphatic carboxylic acids is 1. The fraction of sp³-hybridized carbons (Fsp3) is 0.625. The van der Waals surface area contributed by atoms with Gasteiger partial charge in [0, 0.05) is 0 Å². The normalized spacial score (nSPS) is 34.1. The summed E-state index contributed by atoms with van der Waals surface area (Å²) < 4.78 is 11.7. The Balaban J connectivity index is 2.68. The molecular weight excluding hydrogens is 147 g/mol. The molecule has 0 aromatic heterocycles. The molecule has 1 aliphatic rings. The maximum Gasteiger partial charge on any atom is 0.307 e. The monoisotopic (exact) mass is 158 g/mol. The lowest BCUT2D eigenvalue weighted by atomic mass is 10.1. The number of halogens is 1. The largest absolute Gasteiger partial charge is 0.481 e. The third-order valence-corrected chi connectivity index (χ3v) is 2.46. The summed E-state index contributed by atoms with van der Waals surface area (Å²) in [6.45, 7) is 3.66. The molecule has 0 aromatic rings. The number of carbonyl (C=O) groups is 1. The van der Waals surface area contributed by atoms with Crippen molar-refractivity contribution >= 4 is 5.97 Å². The van der Waals surface area contributed by atoms with Crippen LogP contribution in [0.15, 0.2) is 12.4 Å². The van der Waals surface area contributed by atoms with Crippen molar-refractivity contribution < 1.29 is 14.3 Å². The fourth-order valence-electron chi connectivity index (χ4n) is 1.59. The number of carboxylic acids is 1. The lowest BCUT2D eigenvalue weighted by Gasteiger charge is -1.95. The molecule has 2 nitrogen and oxygen atoms in total. The minimum Gasteiger partial charge on any atom is -0.481 e. The Morgan fingerprint density at radius 1 is 1.64 bits per heavy atom. The SMILES string of the molecule is CC1(C)C(/C=C/F)C1C(=O)O. The van der Waals surface area contributed by atoms with Crippen LogP contribution in [0.3, 0.4) is 0 Å². The molecule has 0 aliphatic heterocycles. The fourth-order valence-corrected chi connectivity index (χ4v) is 1.59. The predicted molar refractivity (Wildman–Crippen MR) is 38.6 cm³/mol. The van der Waals surface area contributed by atoms with Crippen molar-refractivity contribution in [2.24, 2.45) is 17.3 Å². The molecule has 0 saturated heterocycles. The number of hydrogen-bond acceptors (Lipinski definition) is 1. The first kappa shape index (κ1) is 8.24. The van der Waals surface area contributed by atoms with E-state index in [2.05, 4.69) is 0 Å². The van der Waals surface area contributed by atoms with Crippen molar-refractivity contribution in [3.8, 4) is 0 Å². The molecule has 1 aliphatic carbocycles. The van der Waals surface area contributed by atoms with E-state index in [1.54, 1.807) is 0 Å². The summed E-state index contributed by atoms with van der Waals surface area (Å²) in [6.07, 6.45) is 1.74. The molecule has 1 fully saturated rings. The van der Waals surface area contributed by atoms with Crippen LogP contribution in [-0.2, 0) is 4.79 Å². The van der Waals surface area contributed by atoms with Gasteiger partial charge in [0.25, 0.3) is 0 Å². The molecule has 0 spiro atoms. The molecule has 1 N–H and O–H groups in total. The van der Waals surface area contributed by atoms with E-state index in [1.165, 1.54) is 6.08 Å². The summed E-state index contributed by atoms with van der Waals surface area (Å²) >= 11 is 0. The average molecular weight is 158 g/mol. The minimum absolute atomic E-state index is 0.134. The predicted octanol–water partition coefficient (Wildman–Crippen LogP) is 1.83. The molecule has 2 atom stereocenters. The highest BCUT2D eigenvalue weighted by molar-refractivity contribution is 5.76. The van der Waals surface area contributed by atoms with Crippen molar-refractivity contribution in [3.63, 3.8) is 0 Å². The Bertz CT molecular complexity index is 208. The topological polar surface area (TPSA) is 37.3 Å². The summed E-state index contributed by atoms with van der Waals surface area (Å²) in [7, 11) is 0. The zero-order chi connectivity index (χ0) is 8.65. The van der Waals surface area contributed by atoms with Gasteiger partial charge >= 0.3 is 5.97 Å². The molecule has 1 saturated carbocycles. The molecule has 1 rings (SSSR count). The molecule has 2 unspecified atom stereocenters. The van der Waals surface area contributed by atoms with E-state index in [1.807, 2.05) is 13.8 Å². The first-order valence-electron chi connectivity index (χ1n) is 3.51. The minimum atomic E-state index is -0.835. The van der Waals surface area contributed by atoms with Gasteiger partial charge in [0.05, 0.1) is 12.2 Å². The zero-order valence-corrected chi connectivity index (χ0v) is 6.54. The Hall–Kier alpha value is -0.860. The number of hydrogen-bond donors (Lipinski definition) is 1. The van der Waals surface area contributed by atoms with Gasteiger partial charge in [0.2, 0.25) is 0 Å². The third kappa shape index (κ3) is 1.15. The van der Waals surface area contributed by atoms with Crippen LogP contribution in [0, 0.1) is 17.3 Å². The van der Waals surface area contributed by atoms with Crippen LogP contribution in [0.4, 0.5) is 4.39 Å². The summed E-state index contributed by atoms with van der Waals surface area (Å²) in [6, 6.07) is 0. The molecule has 0 bridgehead atoms. The van der Waals surface area contributed by atoms with Crippen molar-refractivity contribution in [1.29, 1.82) is 0 Å². The second-order valence-electron chi connectivity index (χ2n) is 3.48. The summed E-state index contributed by atoms with van der Waals surface area (Å²) in [5, 5.41) is 8.63. The van der Waals surface area contributed by atoms with Gasteiger partial charge in [-0.2, -0.15) is 0 Å². The number of rotatable bonds is 2. The molecule has 0 amide bonds. The van der Waals surface area contributed by atoms with E-state index in [0.717, 1.165) is 0 Å². The van der Waals surface area contributed by atoms with Gasteiger partial charge in [-0.05, 0) is 11.3 Å². The molecule has 3 heteroatoms. The highest BCUT2D eigenvalue weighted by atomic mass is 19.1. The molecule has 0 heterocycles. The van der Waals surface area contributed by atoms with Gasteiger partial charge in [0.1, 0.15) is 0 Å². The first-order valence-corrected chi connectivity index (χ1v) is 3.51. The van der Waals surface area contributed by atoms with E-state index >= 15 is 0 Å². The van der Waals surface area contributed by atoms with Crippen LogP contribution < -0.4 is 0 Å². The molecule has 62 valence electrons. The van der Waals surface area contributed by atoms with Crippen LogP contribution in [0.5, 0.6) is 0 Å². The summed E-state index contributed by atoms with van der Waals surface area (Å²) in [5.41, 5.74) is -0.269. The van der Waals surface area contributed by atoms with Gasteiger partial charge in [-0.1, -0.05) is 19.9 Å². The maximum absolute atomic E-state index is 11.7. The number of carboxylic acid groups (broad SMARTS) is 1. The Kier molecular flexibility index (Phi) is 1.74. The quantitative estimate of drug-likeness (QED) is 0.665. The van der Waals surface area contributed by atoms with Crippen LogP contribution in [0.25, 0.3) is 0 Å². The molecule has 11 heavy (non-hydrogen) atoms. The van der Waals surface area contributed by atoms with Gasteiger partial charge in [-0.15, -0.1) is 0 Å². The standard InChI is InChI=1S/C8H11FO2/c1-8(2)5(3-4-9)6(8)7(10)11/h3-6H,1-2H3,(H,10,11)/b4-3+. The van der Waals surface area contributed by atoms with Crippen LogP contribution in [0.1, 0.15) is 13.8 Å².